The van der Waals surface area contributed by atoms with Crippen LogP contribution in [0.1, 0.15) is 60.4 Å². The third kappa shape index (κ3) is 20.5. The number of hydrogen-bond donors (Lipinski definition) is 9. The van der Waals surface area contributed by atoms with Crippen molar-refractivity contribution >= 4 is 35.8 Å². The van der Waals surface area contributed by atoms with E-state index in [2.05, 4.69) is 53.5 Å². The number of nitrogens with zero attached hydrogens (tertiary/aromatic N) is 5. The SMILES string of the molecule is CN(C)CCOC(c1ccccc1)c1ccnn1C.Cn1nccc1C(OCC[NH+](C)C)c1ccccc1.O=C(O)CC(O)(CC(=O)O)C(=O)O.O=C(O)CC(O)(CC(=O)O)C(=O)O. The molecule has 0 fully saturated rings. The van der Waals surface area contributed by atoms with Crippen molar-refractivity contribution in [1.82, 2.24) is 24.5 Å². The average Bonchev–Trinajstić information content (AvgIpc) is 3.82. The molecule has 0 saturated heterocycles. The quantitative estimate of drug-likeness (QED) is 0.0511. The molecule has 4 rings (SSSR count). The number of quaternary nitrogens is 1. The third-order valence-electron chi connectivity index (χ3n) is 8.74. The first-order valence-corrected chi connectivity index (χ1v) is 19.4. The number of carboxylic acid groups (broad SMARTS) is 6. The number of benzene rings is 2. The van der Waals surface area contributed by atoms with Crippen LogP contribution in [0.4, 0.5) is 0 Å². The zero-order valence-electron chi connectivity index (χ0n) is 36.5. The van der Waals surface area contributed by atoms with Gasteiger partial charge in [0.2, 0.25) is 0 Å². The molecule has 0 saturated carbocycles. The maximum absolute atomic E-state index is 10.3. The number of aromatic nitrogens is 4. The maximum atomic E-state index is 10.3. The summed E-state index contributed by atoms with van der Waals surface area (Å²) in [5, 5.41) is 76.1. The number of carboxylic acids is 6. The molecule has 2 unspecified atom stereocenters. The molecule has 22 heteroatoms. The molecular formula is C42H59N6O16+. The fraction of sp³-hybridized carbons (Fsp3) is 0.429. The van der Waals surface area contributed by atoms with Gasteiger partial charge in [0.1, 0.15) is 18.8 Å². The summed E-state index contributed by atoms with van der Waals surface area (Å²) in [7, 11) is 12.2. The molecule has 0 amide bonds. The molecule has 64 heavy (non-hydrogen) atoms. The van der Waals surface area contributed by atoms with Gasteiger partial charge in [0.05, 0.1) is 64.4 Å². The zero-order chi connectivity index (χ0) is 48.6. The van der Waals surface area contributed by atoms with Crippen LogP contribution in [0.3, 0.4) is 0 Å². The van der Waals surface area contributed by atoms with E-state index in [1.165, 1.54) is 10.5 Å². The first kappa shape index (κ1) is 55.5. The second kappa shape index (κ2) is 27.5. The van der Waals surface area contributed by atoms with E-state index >= 15 is 0 Å². The van der Waals surface area contributed by atoms with Gasteiger partial charge in [0, 0.05) is 33.0 Å². The number of likely N-dealkylation sites (N-methyl/N-ethyl adjacent to an activating group) is 2. The summed E-state index contributed by atoms with van der Waals surface area (Å²) in [4.78, 5) is 64.5. The van der Waals surface area contributed by atoms with Gasteiger partial charge in [-0.05, 0) is 37.4 Å². The van der Waals surface area contributed by atoms with E-state index < -0.39 is 72.7 Å². The molecule has 2 aromatic heterocycles. The van der Waals surface area contributed by atoms with Crippen LogP contribution < -0.4 is 4.90 Å². The predicted octanol–water partition coefficient (Wildman–Crippen LogP) is 0.261. The molecule has 2 atom stereocenters. The van der Waals surface area contributed by atoms with Crippen molar-refractivity contribution < 1.29 is 84.0 Å². The zero-order valence-corrected chi connectivity index (χ0v) is 36.5. The van der Waals surface area contributed by atoms with E-state index in [-0.39, 0.29) is 12.2 Å². The van der Waals surface area contributed by atoms with E-state index in [0.29, 0.717) is 6.61 Å². The van der Waals surface area contributed by atoms with Gasteiger partial charge in [-0.25, -0.2) is 9.59 Å². The monoisotopic (exact) mass is 903 g/mol. The first-order chi connectivity index (χ1) is 29.9. The lowest BCUT2D eigenvalue weighted by molar-refractivity contribution is -0.858. The Balaban J connectivity index is 0.000000435. The predicted molar refractivity (Wildman–Crippen MR) is 225 cm³/mol. The lowest BCUT2D eigenvalue weighted by atomic mass is 9.96. The summed E-state index contributed by atoms with van der Waals surface area (Å²) in [6, 6.07) is 24.6. The van der Waals surface area contributed by atoms with Gasteiger partial charge in [-0.3, -0.25) is 28.5 Å². The molecule has 0 spiro atoms. The normalized spacial score (nSPS) is 12.0. The molecule has 2 aromatic carbocycles. The van der Waals surface area contributed by atoms with E-state index in [0.717, 1.165) is 36.6 Å². The summed E-state index contributed by atoms with van der Waals surface area (Å²) < 4.78 is 15.9. The number of rotatable bonds is 22. The van der Waals surface area contributed by atoms with Crippen LogP contribution in [0, 0.1) is 0 Å². The Kier molecular flexibility index (Phi) is 23.8. The lowest BCUT2D eigenvalue weighted by Gasteiger charge is -2.20. The fourth-order valence-corrected chi connectivity index (χ4v) is 5.41. The van der Waals surface area contributed by atoms with E-state index in [1.54, 1.807) is 6.20 Å². The standard InChI is InChI=1S/2C15H21N3O.2C6H8O7/c2*1-17(2)11-12-19-15(13-7-5-4-6-8-13)14-9-10-16-18(14)3;2*7-3(8)1-6(13,5(11)12)2-4(9)10/h2*4-10,15H,11-12H2,1-3H3;2*13H,1-2H2,(H,7,8)(H,9,10)(H,11,12)/p+1. The molecule has 9 N–H and O–H groups in total. The largest absolute Gasteiger partial charge is 0.481 e. The minimum atomic E-state index is -2.74. The number of aryl methyl sites for hydroxylation is 2. The summed E-state index contributed by atoms with van der Waals surface area (Å²) in [6.07, 6.45) is -1.07. The summed E-state index contributed by atoms with van der Waals surface area (Å²) in [5.41, 5.74) is -0.996. The van der Waals surface area contributed by atoms with Crippen LogP contribution in [-0.2, 0) is 52.3 Å². The highest BCUT2D eigenvalue weighted by Gasteiger charge is 2.41. The fourth-order valence-electron chi connectivity index (χ4n) is 5.41. The topological polar surface area (TPSA) is 326 Å². The van der Waals surface area contributed by atoms with Gasteiger partial charge in [-0.2, -0.15) is 10.2 Å². The van der Waals surface area contributed by atoms with Gasteiger partial charge >= 0.3 is 35.8 Å². The maximum Gasteiger partial charge on any atom is 0.336 e. The highest BCUT2D eigenvalue weighted by molar-refractivity contribution is 5.88. The van der Waals surface area contributed by atoms with Crippen LogP contribution in [0.5, 0.6) is 0 Å². The van der Waals surface area contributed by atoms with Crippen LogP contribution in [0.2, 0.25) is 0 Å². The Labute approximate surface area is 369 Å². The molecule has 0 aliphatic carbocycles. The van der Waals surface area contributed by atoms with Crippen molar-refractivity contribution in [2.45, 2.75) is 49.1 Å². The number of carbonyl (C=O) groups is 6. The van der Waals surface area contributed by atoms with Crippen molar-refractivity contribution in [3.05, 3.63) is 108 Å². The second-order valence-corrected chi connectivity index (χ2v) is 14.8. The van der Waals surface area contributed by atoms with E-state index in [1.807, 2.05) is 92.3 Å². The number of aliphatic hydroxyl groups is 2. The molecule has 0 aliphatic heterocycles. The van der Waals surface area contributed by atoms with Crippen LogP contribution >= 0.6 is 0 Å². The molecule has 22 nitrogen and oxygen atoms in total. The van der Waals surface area contributed by atoms with Gasteiger partial charge in [0.25, 0.3) is 0 Å². The second-order valence-electron chi connectivity index (χ2n) is 14.8. The smallest absolute Gasteiger partial charge is 0.336 e. The number of ether oxygens (including phenoxy) is 2. The molecule has 4 aromatic rings. The highest BCUT2D eigenvalue weighted by Crippen LogP contribution is 2.26. The Morgan fingerprint density at radius 3 is 1.17 bits per heavy atom. The summed E-state index contributed by atoms with van der Waals surface area (Å²) in [5.74, 6) is -10.0. The van der Waals surface area contributed by atoms with Crippen LogP contribution in [-0.4, -0.2) is 167 Å². The first-order valence-electron chi connectivity index (χ1n) is 19.4. The summed E-state index contributed by atoms with van der Waals surface area (Å²) in [6.45, 7) is 3.31. The number of nitrogens with one attached hydrogen (secondary N) is 1. The number of hydrogen-bond acceptors (Lipinski definition) is 13. The molecule has 0 bridgehead atoms. The van der Waals surface area contributed by atoms with Crippen molar-refractivity contribution in [1.29, 1.82) is 0 Å². The van der Waals surface area contributed by atoms with Gasteiger partial charge in [0.15, 0.2) is 11.2 Å². The lowest BCUT2D eigenvalue weighted by Crippen LogP contribution is -3.06. The van der Waals surface area contributed by atoms with E-state index in [4.69, 9.17) is 50.3 Å². The minimum absolute atomic E-state index is 0.0481. The van der Waals surface area contributed by atoms with Crippen LogP contribution in [0.15, 0.2) is 85.2 Å². The van der Waals surface area contributed by atoms with E-state index in [9.17, 15) is 28.8 Å². The Hall–Kier alpha value is -6.56. The highest BCUT2D eigenvalue weighted by atomic mass is 16.5. The van der Waals surface area contributed by atoms with Gasteiger partial charge in [-0.15, -0.1) is 0 Å². The molecule has 0 radical (unpaired) electrons. The summed E-state index contributed by atoms with van der Waals surface area (Å²) >= 11 is 0. The van der Waals surface area contributed by atoms with Crippen molar-refractivity contribution in [2.24, 2.45) is 14.1 Å². The van der Waals surface area contributed by atoms with Gasteiger partial charge < -0.3 is 60.1 Å². The van der Waals surface area contributed by atoms with Crippen molar-refractivity contribution in [3.63, 3.8) is 0 Å². The molecule has 352 valence electrons. The average molecular weight is 904 g/mol. The number of aliphatic carboxylic acids is 6. The minimum Gasteiger partial charge on any atom is -0.481 e. The van der Waals surface area contributed by atoms with Gasteiger partial charge in [-0.1, -0.05) is 60.7 Å². The molecule has 2 heterocycles. The van der Waals surface area contributed by atoms with Crippen LogP contribution in [0.25, 0.3) is 0 Å². The van der Waals surface area contributed by atoms with Crippen molar-refractivity contribution in [3.8, 4) is 0 Å². The molecular weight excluding hydrogens is 844 g/mol. The third-order valence-corrected chi connectivity index (χ3v) is 8.74. The van der Waals surface area contributed by atoms with Crippen molar-refractivity contribution in [2.75, 3.05) is 54.5 Å². The Morgan fingerprint density at radius 2 is 0.922 bits per heavy atom. The Bertz CT molecular complexity index is 1880. The molecule has 0 aliphatic rings. The Morgan fingerprint density at radius 1 is 0.594 bits per heavy atom.